The van der Waals surface area contributed by atoms with Gasteiger partial charge >= 0.3 is 0 Å². The molecule has 3 heterocycles. The number of nitrogens with one attached hydrogen (secondary N) is 2. The summed E-state index contributed by atoms with van der Waals surface area (Å²) in [6.07, 6.45) is 1.67. The quantitative estimate of drug-likeness (QED) is 0.669. The average Bonchev–Trinajstić information content (AvgIpc) is 2.95. The molecule has 0 bridgehead atoms. The second kappa shape index (κ2) is 5.99. The SMILES string of the molecule is CC(C)c1cc(C(=O)NCc2[nH]nc3ncccc23)nc(N)n1. The van der Waals surface area contributed by atoms with Crippen molar-refractivity contribution in [1.29, 1.82) is 0 Å². The summed E-state index contributed by atoms with van der Waals surface area (Å²) < 4.78 is 0. The standard InChI is InChI=1S/C15H17N7O/c1-8(2)10-6-11(20-15(16)19-10)14(23)18-7-12-9-4-3-5-17-13(9)22-21-12/h3-6,8H,7H2,1-2H3,(H,18,23)(H2,16,19,20)(H,17,21,22). The molecule has 23 heavy (non-hydrogen) atoms. The number of amides is 1. The number of aromatic nitrogens is 5. The second-order valence-corrected chi connectivity index (χ2v) is 5.45. The maximum atomic E-state index is 12.3. The number of nitrogens with two attached hydrogens (primary N) is 1. The van der Waals surface area contributed by atoms with Crippen LogP contribution in [0.5, 0.6) is 0 Å². The van der Waals surface area contributed by atoms with E-state index in [-0.39, 0.29) is 23.5 Å². The molecule has 8 heteroatoms. The number of pyridine rings is 1. The molecule has 0 spiro atoms. The van der Waals surface area contributed by atoms with Gasteiger partial charge in [-0.25, -0.2) is 15.0 Å². The monoisotopic (exact) mass is 311 g/mol. The molecule has 0 saturated heterocycles. The van der Waals surface area contributed by atoms with Gasteiger partial charge in [0, 0.05) is 17.3 Å². The molecule has 3 aromatic heterocycles. The molecular formula is C15H17N7O. The molecule has 3 aromatic rings. The van der Waals surface area contributed by atoms with Crippen molar-refractivity contribution in [2.24, 2.45) is 0 Å². The number of hydrogen-bond acceptors (Lipinski definition) is 6. The third-order valence-electron chi connectivity index (χ3n) is 3.42. The van der Waals surface area contributed by atoms with E-state index in [0.717, 1.165) is 16.8 Å². The summed E-state index contributed by atoms with van der Waals surface area (Å²) in [6.45, 7) is 4.25. The van der Waals surface area contributed by atoms with Gasteiger partial charge in [0.15, 0.2) is 5.65 Å². The van der Waals surface area contributed by atoms with E-state index < -0.39 is 0 Å². The Balaban J connectivity index is 1.77. The molecule has 0 saturated carbocycles. The lowest BCUT2D eigenvalue weighted by Gasteiger charge is -2.08. The number of H-pyrrole nitrogens is 1. The Morgan fingerprint density at radius 1 is 1.39 bits per heavy atom. The Hall–Kier alpha value is -3.03. The van der Waals surface area contributed by atoms with E-state index in [1.54, 1.807) is 12.3 Å². The molecule has 0 radical (unpaired) electrons. The largest absolute Gasteiger partial charge is 0.368 e. The summed E-state index contributed by atoms with van der Waals surface area (Å²) in [6, 6.07) is 5.37. The van der Waals surface area contributed by atoms with E-state index in [0.29, 0.717) is 12.2 Å². The number of hydrogen-bond donors (Lipinski definition) is 3. The van der Waals surface area contributed by atoms with Gasteiger partial charge < -0.3 is 11.1 Å². The predicted molar refractivity (Wildman–Crippen MR) is 85.6 cm³/mol. The highest BCUT2D eigenvalue weighted by molar-refractivity contribution is 5.92. The molecule has 0 aliphatic heterocycles. The summed E-state index contributed by atoms with van der Waals surface area (Å²) in [5.41, 5.74) is 8.06. The van der Waals surface area contributed by atoms with Crippen LogP contribution in [-0.4, -0.2) is 31.1 Å². The van der Waals surface area contributed by atoms with Crippen molar-refractivity contribution < 1.29 is 4.79 Å². The van der Waals surface area contributed by atoms with Crippen LogP contribution in [0.4, 0.5) is 5.95 Å². The van der Waals surface area contributed by atoms with Crippen LogP contribution in [0.15, 0.2) is 24.4 Å². The number of nitrogens with zero attached hydrogens (tertiary/aromatic N) is 4. The van der Waals surface area contributed by atoms with E-state index in [1.165, 1.54) is 0 Å². The van der Waals surface area contributed by atoms with E-state index in [1.807, 2.05) is 26.0 Å². The lowest BCUT2D eigenvalue weighted by molar-refractivity contribution is 0.0945. The van der Waals surface area contributed by atoms with E-state index in [9.17, 15) is 4.79 Å². The Kier molecular flexibility index (Phi) is 3.88. The van der Waals surface area contributed by atoms with Crippen LogP contribution in [0.3, 0.4) is 0 Å². The summed E-state index contributed by atoms with van der Waals surface area (Å²) >= 11 is 0. The number of carbonyl (C=O) groups is 1. The molecular weight excluding hydrogens is 294 g/mol. The molecule has 0 aliphatic rings. The Morgan fingerprint density at radius 2 is 2.22 bits per heavy atom. The lowest BCUT2D eigenvalue weighted by atomic mass is 10.1. The molecule has 0 atom stereocenters. The van der Waals surface area contributed by atoms with Crippen LogP contribution in [0.2, 0.25) is 0 Å². The number of aromatic amines is 1. The van der Waals surface area contributed by atoms with E-state index >= 15 is 0 Å². The van der Waals surface area contributed by atoms with Gasteiger partial charge in [-0.05, 0) is 24.1 Å². The van der Waals surface area contributed by atoms with Crippen molar-refractivity contribution in [3.8, 4) is 0 Å². The van der Waals surface area contributed by atoms with Crippen molar-refractivity contribution in [3.63, 3.8) is 0 Å². The van der Waals surface area contributed by atoms with Crippen molar-refractivity contribution in [3.05, 3.63) is 41.5 Å². The van der Waals surface area contributed by atoms with Crippen molar-refractivity contribution in [1.82, 2.24) is 30.5 Å². The predicted octanol–water partition coefficient (Wildman–Crippen LogP) is 1.38. The first-order valence-corrected chi connectivity index (χ1v) is 7.25. The van der Waals surface area contributed by atoms with Crippen molar-refractivity contribution in [2.75, 3.05) is 5.73 Å². The van der Waals surface area contributed by atoms with Crippen LogP contribution in [0.25, 0.3) is 11.0 Å². The van der Waals surface area contributed by atoms with Crippen LogP contribution in [0, 0.1) is 0 Å². The molecule has 8 nitrogen and oxygen atoms in total. The Labute approximate surface area is 132 Å². The van der Waals surface area contributed by atoms with Gasteiger partial charge in [0.25, 0.3) is 5.91 Å². The highest BCUT2D eigenvalue weighted by Gasteiger charge is 2.13. The minimum absolute atomic E-state index is 0.0949. The summed E-state index contributed by atoms with van der Waals surface area (Å²) in [5, 5.41) is 10.6. The van der Waals surface area contributed by atoms with Gasteiger partial charge in [-0.3, -0.25) is 9.89 Å². The van der Waals surface area contributed by atoms with Gasteiger partial charge in [0.2, 0.25) is 5.95 Å². The van der Waals surface area contributed by atoms with Gasteiger partial charge in [0.05, 0.1) is 12.2 Å². The second-order valence-electron chi connectivity index (χ2n) is 5.45. The summed E-state index contributed by atoms with van der Waals surface area (Å²) in [4.78, 5) is 24.6. The van der Waals surface area contributed by atoms with Crippen molar-refractivity contribution >= 4 is 22.9 Å². The van der Waals surface area contributed by atoms with E-state index in [4.69, 9.17) is 5.73 Å². The van der Waals surface area contributed by atoms with Gasteiger partial charge in [-0.15, -0.1) is 0 Å². The molecule has 0 aromatic carbocycles. The van der Waals surface area contributed by atoms with Crippen LogP contribution in [0.1, 0.15) is 41.6 Å². The lowest BCUT2D eigenvalue weighted by Crippen LogP contribution is -2.25. The minimum Gasteiger partial charge on any atom is -0.368 e. The zero-order valence-electron chi connectivity index (χ0n) is 12.9. The van der Waals surface area contributed by atoms with Gasteiger partial charge in [-0.2, -0.15) is 5.10 Å². The first kappa shape index (κ1) is 14.9. The molecule has 118 valence electrons. The van der Waals surface area contributed by atoms with E-state index in [2.05, 4.69) is 30.5 Å². The topological polar surface area (TPSA) is 122 Å². The Morgan fingerprint density at radius 3 is 3.00 bits per heavy atom. The minimum atomic E-state index is -0.312. The summed E-state index contributed by atoms with van der Waals surface area (Å²) in [5.74, 6) is -0.0559. The fraction of sp³-hybridized carbons (Fsp3) is 0.267. The molecule has 4 N–H and O–H groups in total. The zero-order chi connectivity index (χ0) is 16.4. The zero-order valence-corrected chi connectivity index (χ0v) is 12.9. The molecule has 0 aliphatic carbocycles. The maximum Gasteiger partial charge on any atom is 0.270 e. The average molecular weight is 311 g/mol. The number of rotatable bonds is 4. The van der Waals surface area contributed by atoms with Crippen LogP contribution in [-0.2, 0) is 6.54 Å². The highest BCUT2D eigenvalue weighted by Crippen LogP contribution is 2.15. The molecule has 0 fully saturated rings. The van der Waals surface area contributed by atoms with Gasteiger partial charge in [-0.1, -0.05) is 13.8 Å². The molecule has 0 unspecified atom stereocenters. The van der Waals surface area contributed by atoms with Crippen LogP contribution < -0.4 is 11.1 Å². The molecule has 1 amide bonds. The normalized spacial score (nSPS) is 11.1. The molecule has 3 rings (SSSR count). The maximum absolute atomic E-state index is 12.3. The number of nitrogen functional groups attached to an aromatic ring is 1. The fourth-order valence-electron chi connectivity index (χ4n) is 2.19. The first-order valence-electron chi connectivity index (χ1n) is 7.25. The number of fused-ring (bicyclic) bond motifs is 1. The van der Waals surface area contributed by atoms with Crippen LogP contribution >= 0.6 is 0 Å². The van der Waals surface area contributed by atoms with Crippen molar-refractivity contribution in [2.45, 2.75) is 26.3 Å². The van der Waals surface area contributed by atoms with Gasteiger partial charge in [0.1, 0.15) is 5.69 Å². The highest BCUT2D eigenvalue weighted by atomic mass is 16.1. The third-order valence-corrected chi connectivity index (χ3v) is 3.42. The Bertz CT molecular complexity index is 856. The number of carbonyl (C=O) groups excluding carboxylic acids is 1. The third kappa shape index (κ3) is 3.10. The fourth-order valence-corrected chi connectivity index (χ4v) is 2.19. The summed E-state index contributed by atoms with van der Waals surface area (Å²) in [7, 11) is 0. The first-order chi connectivity index (χ1) is 11.0. The number of anilines is 1. The smallest absolute Gasteiger partial charge is 0.270 e.